The van der Waals surface area contributed by atoms with Crippen molar-refractivity contribution >= 4 is 66.5 Å². The van der Waals surface area contributed by atoms with E-state index in [0.717, 1.165) is 72.8 Å². The van der Waals surface area contributed by atoms with Crippen molar-refractivity contribution in [3.63, 3.8) is 0 Å². The van der Waals surface area contributed by atoms with Crippen molar-refractivity contribution in [2.45, 2.75) is 0 Å². The maximum Gasteiger partial charge on any atom is 0.221 e. The van der Waals surface area contributed by atoms with Crippen LogP contribution in [0, 0.1) is 0 Å². The molecule has 0 bridgehead atoms. The Morgan fingerprint density at radius 2 is 0.855 bits per heavy atom. The molecule has 11 rings (SSSR count). The predicted octanol–water partition coefficient (Wildman–Crippen LogP) is 12.9. The van der Waals surface area contributed by atoms with E-state index < -0.39 is 0 Å². The molecular formula is C50H33N5. The summed E-state index contributed by atoms with van der Waals surface area (Å²) in [5, 5.41) is 3.39. The van der Waals surface area contributed by atoms with Crippen LogP contribution in [0.25, 0.3) is 77.6 Å². The molecule has 0 amide bonds. The van der Waals surface area contributed by atoms with E-state index >= 15 is 0 Å². The predicted molar refractivity (Wildman–Crippen MR) is 228 cm³/mol. The van der Waals surface area contributed by atoms with Crippen LogP contribution in [0.2, 0.25) is 0 Å². The molecule has 3 heterocycles. The van der Waals surface area contributed by atoms with Gasteiger partial charge in [-0.2, -0.15) is 0 Å². The molecule has 0 saturated heterocycles. The zero-order chi connectivity index (χ0) is 36.3. The molecule has 0 N–H and O–H groups in total. The standard InChI is InChI=1S/C50H33N5/c1-3-13-34(14-4-1)35-23-28-39(29-24-35)53(38-15-5-2-6-16-38)40-30-25-36(26-31-40)37-27-32-47-43(33-37)41-17-8-11-21-46(41)54(47)50-52-44-19-9-7-18-42(44)49-51-45-20-10-12-22-48(45)55(49)50/h1-33H. The van der Waals surface area contributed by atoms with Crippen LogP contribution in [0.4, 0.5) is 17.1 Å². The summed E-state index contributed by atoms with van der Waals surface area (Å²) in [5.41, 5.74) is 14.0. The molecule has 5 nitrogen and oxygen atoms in total. The highest BCUT2D eigenvalue weighted by Crippen LogP contribution is 2.39. The molecule has 5 heteroatoms. The summed E-state index contributed by atoms with van der Waals surface area (Å²) in [7, 11) is 0. The lowest BCUT2D eigenvalue weighted by Crippen LogP contribution is -2.09. The lowest BCUT2D eigenvalue weighted by molar-refractivity contribution is 0.979. The van der Waals surface area contributed by atoms with Gasteiger partial charge in [-0.25, -0.2) is 9.97 Å². The van der Waals surface area contributed by atoms with Gasteiger partial charge in [-0.1, -0.05) is 121 Å². The molecule has 0 fully saturated rings. The summed E-state index contributed by atoms with van der Waals surface area (Å²) in [5.74, 6) is 0.823. The van der Waals surface area contributed by atoms with Gasteiger partial charge in [0.15, 0.2) is 0 Å². The van der Waals surface area contributed by atoms with Crippen molar-refractivity contribution in [2.24, 2.45) is 0 Å². The maximum absolute atomic E-state index is 5.33. The Morgan fingerprint density at radius 3 is 1.58 bits per heavy atom. The zero-order valence-corrected chi connectivity index (χ0v) is 29.8. The smallest absolute Gasteiger partial charge is 0.221 e. The van der Waals surface area contributed by atoms with Crippen LogP contribution in [-0.2, 0) is 0 Å². The molecule has 0 aliphatic carbocycles. The van der Waals surface area contributed by atoms with Crippen LogP contribution < -0.4 is 4.90 Å². The van der Waals surface area contributed by atoms with E-state index in [9.17, 15) is 0 Å². The van der Waals surface area contributed by atoms with Crippen LogP contribution in [0.5, 0.6) is 0 Å². The number of rotatable bonds is 6. The van der Waals surface area contributed by atoms with Crippen molar-refractivity contribution in [3.8, 4) is 28.2 Å². The highest BCUT2D eigenvalue weighted by molar-refractivity contribution is 6.11. The average Bonchev–Trinajstić information content (AvgIpc) is 3.81. The molecule has 0 aliphatic heterocycles. The van der Waals surface area contributed by atoms with Crippen LogP contribution in [-0.4, -0.2) is 18.9 Å². The summed E-state index contributed by atoms with van der Waals surface area (Å²) in [6, 6.07) is 70.8. The maximum atomic E-state index is 5.33. The van der Waals surface area contributed by atoms with E-state index in [4.69, 9.17) is 9.97 Å². The molecule has 0 spiro atoms. The first kappa shape index (κ1) is 31.1. The third kappa shape index (κ3) is 5.09. The molecule has 55 heavy (non-hydrogen) atoms. The van der Waals surface area contributed by atoms with E-state index in [0.29, 0.717) is 0 Å². The number of nitrogens with zero attached hydrogens (tertiary/aromatic N) is 5. The number of aromatic nitrogens is 4. The normalized spacial score (nSPS) is 11.6. The van der Waals surface area contributed by atoms with Crippen molar-refractivity contribution in [1.29, 1.82) is 0 Å². The van der Waals surface area contributed by atoms with Crippen molar-refractivity contribution < 1.29 is 0 Å². The molecule has 11 aromatic rings. The van der Waals surface area contributed by atoms with Gasteiger partial charge in [-0.05, 0) is 101 Å². The monoisotopic (exact) mass is 703 g/mol. The van der Waals surface area contributed by atoms with Gasteiger partial charge < -0.3 is 4.90 Å². The number of fused-ring (bicyclic) bond motifs is 8. The Hall–Kier alpha value is -7.50. The fourth-order valence-electron chi connectivity index (χ4n) is 8.11. The number of imidazole rings is 1. The van der Waals surface area contributed by atoms with Gasteiger partial charge in [-0.3, -0.25) is 8.97 Å². The lowest BCUT2D eigenvalue weighted by atomic mass is 10.0. The molecule has 8 aromatic carbocycles. The highest BCUT2D eigenvalue weighted by atomic mass is 15.2. The van der Waals surface area contributed by atoms with Crippen LogP contribution >= 0.6 is 0 Å². The summed E-state index contributed by atoms with van der Waals surface area (Å²) in [6.07, 6.45) is 0. The Balaban J connectivity index is 1.03. The van der Waals surface area contributed by atoms with E-state index in [2.05, 4.69) is 202 Å². The minimum atomic E-state index is 0.823. The lowest BCUT2D eigenvalue weighted by Gasteiger charge is -2.26. The fourth-order valence-corrected chi connectivity index (χ4v) is 8.11. The van der Waals surface area contributed by atoms with E-state index in [1.807, 2.05) is 12.1 Å². The van der Waals surface area contributed by atoms with Gasteiger partial charge in [0, 0.05) is 33.2 Å². The van der Waals surface area contributed by atoms with Crippen molar-refractivity contribution in [2.75, 3.05) is 4.90 Å². The van der Waals surface area contributed by atoms with Crippen LogP contribution in [0.15, 0.2) is 200 Å². The quantitative estimate of drug-likeness (QED) is 0.173. The first-order chi connectivity index (χ1) is 27.3. The SMILES string of the molecule is c1ccc(-c2ccc(N(c3ccccc3)c3ccc(-c4ccc5c(c4)c4ccccc4n5-c4nc5ccccc5c5nc6ccccc6n45)cc3)cc2)cc1. The molecule has 0 atom stereocenters. The van der Waals surface area contributed by atoms with E-state index in [1.165, 1.54) is 21.9 Å². The van der Waals surface area contributed by atoms with E-state index in [1.54, 1.807) is 0 Å². The average molecular weight is 704 g/mol. The Labute approximate surface area is 317 Å². The third-order valence-electron chi connectivity index (χ3n) is 10.7. The molecule has 0 saturated carbocycles. The number of benzene rings is 8. The fraction of sp³-hybridized carbons (Fsp3) is 0. The summed E-state index contributed by atoms with van der Waals surface area (Å²) >= 11 is 0. The van der Waals surface area contributed by atoms with E-state index in [-0.39, 0.29) is 0 Å². The van der Waals surface area contributed by atoms with Crippen LogP contribution in [0.3, 0.4) is 0 Å². The first-order valence-electron chi connectivity index (χ1n) is 18.6. The van der Waals surface area contributed by atoms with Crippen molar-refractivity contribution in [1.82, 2.24) is 18.9 Å². The second-order valence-corrected chi connectivity index (χ2v) is 13.9. The van der Waals surface area contributed by atoms with Gasteiger partial charge in [-0.15, -0.1) is 0 Å². The molecule has 0 aliphatic rings. The van der Waals surface area contributed by atoms with Gasteiger partial charge >= 0.3 is 0 Å². The summed E-state index contributed by atoms with van der Waals surface area (Å²) < 4.78 is 4.51. The van der Waals surface area contributed by atoms with Gasteiger partial charge in [0.25, 0.3) is 0 Å². The molecule has 0 radical (unpaired) electrons. The molecular weight excluding hydrogens is 671 g/mol. The summed E-state index contributed by atoms with van der Waals surface area (Å²) in [4.78, 5) is 12.7. The Morgan fingerprint density at radius 1 is 0.345 bits per heavy atom. The topological polar surface area (TPSA) is 38.4 Å². The van der Waals surface area contributed by atoms with Gasteiger partial charge in [0.05, 0.1) is 27.6 Å². The number of para-hydroxylation sites is 5. The Bertz CT molecular complexity index is 3180. The second-order valence-electron chi connectivity index (χ2n) is 13.9. The minimum Gasteiger partial charge on any atom is -0.311 e. The molecule has 0 unspecified atom stereocenters. The molecule has 258 valence electrons. The number of anilines is 3. The summed E-state index contributed by atoms with van der Waals surface area (Å²) in [6.45, 7) is 0. The number of hydrogen-bond donors (Lipinski definition) is 0. The third-order valence-corrected chi connectivity index (χ3v) is 10.7. The first-order valence-corrected chi connectivity index (χ1v) is 18.6. The highest BCUT2D eigenvalue weighted by Gasteiger charge is 2.20. The minimum absolute atomic E-state index is 0.823. The largest absolute Gasteiger partial charge is 0.311 e. The molecule has 3 aromatic heterocycles. The van der Waals surface area contributed by atoms with Gasteiger partial charge in [0.1, 0.15) is 5.65 Å². The van der Waals surface area contributed by atoms with Crippen LogP contribution in [0.1, 0.15) is 0 Å². The zero-order valence-electron chi connectivity index (χ0n) is 29.8. The number of hydrogen-bond acceptors (Lipinski definition) is 3. The Kier molecular flexibility index (Phi) is 7.10. The van der Waals surface area contributed by atoms with Gasteiger partial charge in [0.2, 0.25) is 5.95 Å². The second kappa shape index (κ2) is 12.6. The van der Waals surface area contributed by atoms with Crippen molar-refractivity contribution in [3.05, 3.63) is 200 Å².